The van der Waals surface area contributed by atoms with Crippen LogP contribution in [0.3, 0.4) is 0 Å². The summed E-state index contributed by atoms with van der Waals surface area (Å²) in [4.78, 5) is 25.9. The average Bonchev–Trinajstić information content (AvgIpc) is 3.46. The second kappa shape index (κ2) is 13.9. The van der Waals surface area contributed by atoms with Gasteiger partial charge in [-0.05, 0) is 79.4 Å². The number of carbonyl (C=O) groups is 2. The minimum Gasteiger partial charge on any atom is -0.465 e. The molecule has 222 valence electrons. The van der Waals surface area contributed by atoms with Crippen molar-refractivity contribution in [2.24, 2.45) is 5.92 Å². The van der Waals surface area contributed by atoms with Crippen LogP contribution in [0.4, 0.5) is 4.39 Å². The van der Waals surface area contributed by atoms with Gasteiger partial charge in [0.15, 0.2) is 5.78 Å². The second-order valence-electron chi connectivity index (χ2n) is 10.9. The van der Waals surface area contributed by atoms with Crippen LogP contribution in [-0.4, -0.2) is 60.1 Å². The number of nitrogens with zero attached hydrogens (tertiary/aromatic N) is 1. The number of Topliss-reactive ketones (excluding diaryl/α,β-unsaturated/α-hetero) is 1. The molecule has 1 saturated carbocycles. The van der Waals surface area contributed by atoms with E-state index in [2.05, 4.69) is 5.32 Å². The van der Waals surface area contributed by atoms with Crippen LogP contribution < -0.4 is 5.32 Å². The predicted octanol–water partition coefficient (Wildman–Crippen LogP) is 5.18. The molecule has 8 nitrogen and oxygen atoms in total. The Morgan fingerprint density at radius 3 is 2.31 bits per heavy atom. The minimum atomic E-state index is -0.601. The van der Waals surface area contributed by atoms with E-state index in [-0.39, 0.29) is 29.6 Å². The quantitative estimate of drug-likeness (QED) is 0.371. The smallest absolute Gasteiger partial charge is 0.303 e. The zero-order chi connectivity index (χ0) is 29.5. The lowest BCUT2D eigenvalue weighted by Gasteiger charge is -2.37. The van der Waals surface area contributed by atoms with Crippen molar-refractivity contribution in [2.75, 3.05) is 26.2 Å². The monoisotopic (exact) mass is 576 g/mol. The molecule has 1 aliphatic carbocycles. The van der Waals surface area contributed by atoms with Gasteiger partial charge >= 0.3 is 5.97 Å². The van der Waals surface area contributed by atoms with Crippen molar-refractivity contribution in [3.05, 3.63) is 95.1 Å². The predicted molar refractivity (Wildman–Crippen MR) is 155 cm³/mol. The fourth-order valence-electron chi connectivity index (χ4n) is 5.43. The highest BCUT2D eigenvalue weighted by atomic mass is 19.1. The molecule has 42 heavy (non-hydrogen) atoms. The number of hydrogen-bond donors (Lipinski definition) is 2. The number of aliphatic hydroxyl groups is 1. The molecule has 0 amide bonds. The van der Waals surface area contributed by atoms with Crippen LogP contribution in [0.15, 0.2) is 81.0 Å². The summed E-state index contributed by atoms with van der Waals surface area (Å²) in [5, 5.41) is 13.6. The Hall–Kier alpha value is -3.79. The van der Waals surface area contributed by atoms with Crippen molar-refractivity contribution < 1.29 is 32.7 Å². The van der Waals surface area contributed by atoms with Crippen LogP contribution in [-0.2, 0) is 14.3 Å². The molecule has 2 saturated heterocycles. The fraction of sp³-hybridized carbons (Fsp3) is 0.394. The minimum absolute atomic E-state index is 0.0314. The highest BCUT2D eigenvalue weighted by Crippen LogP contribution is 2.39. The van der Waals surface area contributed by atoms with E-state index in [4.69, 9.17) is 13.6 Å². The summed E-state index contributed by atoms with van der Waals surface area (Å²) >= 11 is 0. The van der Waals surface area contributed by atoms with Crippen molar-refractivity contribution in [2.45, 2.75) is 50.9 Å². The van der Waals surface area contributed by atoms with E-state index in [1.165, 1.54) is 13.0 Å². The number of aliphatic hydroxyl groups excluding tert-OH is 1. The molecule has 9 heteroatoms. The molecule has 3 atom stereocenters. The van der Waals surface area contributed by atoms with Crippen molar-refractivity contribution in [3.8, 4) is 0 Å². The maximum absolute atomic E-state index is 14.5. The third-order valence-corrected chi connectivity index (χ3v) is 7.69. The molecule has 0 spiro atoms. The van der Waals surface area contributed by atoms with Crippen LogP contribution in [0.1, 0.15) is 55.7 Å². The standard InChI is InChI=1S/C21H22FNO3.C12H15NO3/c22-18-6-2-1-5-17(18)20(21(25)14-7-8-14)23-10-9-19(24)15(13-23)12-16-4-3-11-26-16;1-9(14)16-12-4-5-13-8-10(12)7-11-3-2-6-15-11/h1-6,11-12,14,19-20,24H,7-10,13H2;2-3,6-7,12-13H,4-5,8H2,1H3/b15-12+;10-7+. The Morgan fingerprint density at radius 2 is 1.69 bits per heavy atom. The number of ketones is 1. The van der Waals surface area contributed by atoms with Crippen molar-refractivity contribution in [3.63, 3.8) is 0 Å². The molecule has 2 aromatic heterocycles. The molecule has 4 heterocycles. The maximum Gasteiger partial charge on any atom is 0.303 e. The number of ether oxygens (including phenoxy) is 1. The van der Waals surface area contributed by atoms with Gasteiger partial charge in [0.25, 0.3) is 0 Å². The highest BCUT2D eigenvalue weighted by Gasteiger charge is 2.41. The summed E-state index contributed by atoms with van der Waals surface area (Å²) in [6.45, 7) is 4.01. The zero-order valence-electron chi connectivity index (χ0n) is 23.7. The van der Waals surface area contributed by atoms with Gasteiger partial charge in [-0.15, -0.1) is 0 Å². The highest BCUT2D eigenvalue weighted by molar-refractivity contribution is 5.89. The van der Waals surface area contributed by atoms with E-state index in [9.17, 15) is 19.1 Å². The van der Waals surface area contributed by atoms with Gasteiger partial charge in [-0.2, -0.15) is 0 Å². The van der Waals surface area contributed by atoms with Gasteiger partial charge in [-0.1, -0.05) is 18.2 Å². The summed E-state index contributed by atoms with van der Waals surface area (Å²) in [6, 6.07) is 13.2. The van der Waals surface area contributed by atoms with Crippen molar-refractivity contribution >= 4 is 23.9 Å². The Morgan fingerprint density at radius 1 is 1.00 bits per heavy atom. The molecule has 3 aliphatic rings. The molecule has 0 bridgehead atoms. The van der Waals surface area contributed by atoms with Gasteiger partial charge in [0, 0.05) is 44.5 Å². The lowest BCUT2D eigenvalue weighted by atomic mass is 9.92. The lowest BCUT2D eigenvalue weighted by molar-refractivity contribution is -0.145. The summed E-state index contributed by atoms with van der Waals surface area (Å²) in [7, 11) is 0. The molecular formula is C33H37FN2O6. The first kappa shape index (κ1) is 29.7. The largest absolute Gasteiger partial charge is 0.465 e. The van der Waals surface area contributed by atoms with Crippen molar-refractivity contribution in [1.29, 1.82) is 0 Å². The van der Waals surface area contributed by atoms with Crippen LogP contribution in [0.25, 0.3) is 12.2 Å². The first-order valence-electron chi connectivity index (χ1n) is 14.4. The number of nitrogens with one attached hydrogen (secondary N) is 1. The molecule has 2 N–H and O–H groups in total. The van der Waals surface area contributed by atoms with Crippen LogP contribution in [0, 0.1) is 11.7 Å². The second-order valence-corrected chi connectivity index (χ2v) is 10.9. The Balaban J connectivity index is 0.000000189. The number of rotatable bonds is 7. The third kappa shape index (κ3) is 7.73. The van der Waals surface area contributed by atoms with Crippen LogP contribution in [0.5, 0.6) is 0 Å². The maximum atomic E-state index is 14.5. The topological polar surface area (TPSA) is 105 Å². The van der Waals surface area contributed by atoms with E-state index < -0.39 is 12.1 Å². The molecule has 3 aromatic rings. The average molecular weight is 577 g/mol. The number of halogens is 1. The third-order valence-electron chi connectivity index (χ3n) is 7.69. The van der Waals surface area contributed by atoms with Gasteiger partial charge < -0.3 is 24.0 Å². The summed E-state index contributed by atoms with van der Waals surface area (Å²) in [5.74, 6) is 0.979. The number of furan rings is 2. The molecule has 2 aliphatic heterocycles. The van der Waals surface area contributed by atoms with E-state index in [0.29, 0.717) is 30.8 Å². The van der Waals surface area contributed by atoms with Gasteiger partial charge in [0.2, 0.25) is 0 Å². The van der Waals surface area contributed by atoms with Crippen LogP contribution >= 0.6 is 0 Å². The number of hydrogen-bond acceptors (Lipinski definition) is 8. The van der Waals surface area contributed by atoms with Gasteiger partial charge in [-0.3, -0.25) is 14.5 Å². The van der Waals surface area contributed by atoms with E-state index in [1.807, 2.05) is 35.3 Å². The molecule has 3 fully saturated rings. The fourth-order valence-corrected chi connectivity index (χ4v) is 5.43. The number of esters is 1. The summed E-state index contributed by atoms with van der Waals surface area (Å²) < 4.78 is 30.3. The lowest BCUT2D eigenvalue weighted by Crippen LogP contribution is -2.43. The van der Waals surface area contributed by atoms with Crippen LogP contribution in [0.2, 0.25) is 0 Å². The Bertz CT molecular complexity index is 1390. The van der Waals surface area contributed by atoms with E-state index in [1.54, 1.807) is 36.8 Å². The van der Waals surface area contributed by atoms with E-state index in [0.717, 1.165) is 49.3 Å². The number of benzene rings is 1. The van der Waals surface area contributed by atoms with Crippen molar-refractivity contribution in [1.82, 2.24) is 10.2 Å². The molecule has 0 radical (unpaired) electrons. The summed E-state index contributed by atoms with van der Waals surface area (Å²) in [5.41, 5.74) is 2.27. The Labute approximate surface area is 244 Å². The number of piperidine rings is 2. The first-order valence-corrected chi connectivity index (χ1v) is 14.4. The van der Waals surface area contributed by atoms with Gasteiger partial charge in [0.1, 0.15) is 23.4 Å². The first-order chi connectivity index (χ1) is 20.4. The van der Waals surface area contributed by atoms with Gasteiger partial charge in [0.05, 0.1) is 24.7 Å². The van der Waals surface area contributed by atoms with Gasteiger partial charge in [-0.25, -0.2) is 4.39 Å². The SMILES string of the molecule is CC(=O)OC1CCNC/C1=C\c1ccco1.O=C(C1CC1)C(c1ccccc1F)N1CCC(O)/C(=C/c2ccco2)C1. The summed E-state index contributed by atoms with van der Waals surface area (Å²) in [6.07, 6.45) is 9.35. The molecule has 6 rings (SSSR count). The molecule has 3 unspecified atom stereocenters. The number of carbonyl (C=O) groups excluding carboxylic acids is 2. The number of likely N-dealkylation sites (tertiary alicyclic amines) is 1. The van der Waals surface area contributed by atoms with E-state index >= 15 is 0 Å². The molecular weight excluding hydrogens is 539 g/mol. The molecule has 1 aromatic carbocycles. The Kier molecular flexibility index (Phi) is 9.84. The normalized spacial score (nSPS) is 23.7. The zero-order valence-corrected chi connectivity index (χ0v) is 23.7.